The molecule has 1 heterocycles. The second-order valence-corrected chi connectivity index (χ2v) is 5.21. The van der Waals surface area contributed by atoms with Crippen LogP contribution in [0.15, 0.2) is 36.5 Å². The minimum atomic E-state index is 0.0693. The Hall–Kier alpha value is -1.68. The van der Waals surface area contributed by atoms with E-state index in [0.717, 1.165) is 22.6 Å². The number of hydrogen-bond donors (Lipinski definition) is 0. The molecule has 0 fully saturated rings. The van der Waals surface area contributed by atoms with Gasteiger partial charge in [0.1, 0.15) is 12.4 Å². The topological polar surface area (TPSA) is 39.2 Å². The summed E-state index contributed by atoms with van der Waals surface area (Å²) in [6.07, 6.45) is 1.82. The quantitative estimate of drug-likeness (QED) is 0.616. The zero-order valence-electron chi connectivity index (χ0n) is 11.5. The highest BCUT2D eigenvalue weighted by molar-refractivity contribution is 9.09. The number of hydrogen-bond acceptors (Lipinski definition) is 3. The van der Waals surface area contributed by atoms with Crippen molar-refractivity contribution in [1.29, 1.82) is 0 Å². The maximum absolute atomic E-state index is 11.6. The number of rotatable bonds is 5. The van der Waals surface area contributed by atoms with E-state index in [0.29, 0.717) is 17.5 Å². The van der Waals surface area contributed by atoms with Gasteiger partial charge in [0.15, 0.2) is 5.78 Å². The van der Waals surface area contributed by atoms with Crippen LogP contribution in [-0.4, -0.2) is 16.1 Å². The van der Waals surface area contributed by atoms with Crippen LogP contribution in [0.4, 0.5) is 0 Å². The van der Waals surface area contributed by atoms with Gasteiger partial charge in [-0.3, -0.25) is 9.78 Å². The summed E-state index contributed by atoms with van der Waals surface area (Å²) in [4.78, 5) is 15.9. The van der Waals surface area contributed by atoms with E-state index in [-0.39, 0.29) is 5.78 Å². The van der Waals surface area contributed by atoms with E-state index in [1.54, 1.807) is 6.07 Å². The van der Waals surface area contributed by atoms with Gasteiger partial charge in [-0.25, -0.2) is 0 Å². The summed E-state index contributed by atoms with van der Waals surface area (Å²) in [5.41, 5.74) is 3.65. The number of ether oxygens (including phenoxy) is 1. The lowest BCUT2D eigenvalue weighted by Gasteiger charge is -2.10. The minimum Gasteiger partial charge on any atom is -0.487 e. The lowest BCUT2D eigenvalue weighted by molar-refractivity contribution is 0.102. The van der Waals surface area contributed by atoms with Crippen molar-refractivity contribution in [2.75, 3.05) is 5.33 Å². The smallest absolute Gasteiger partial charge is 0.173 e. The molecule has 0 aliphatic heterocycles. The van der Waals surface area contributed by atoms with E-state index in [1.807, 2.05) is 44.3 Å². The summed E-state index contributed by atoms with van der Waals surface area (Å²) in [6, 6.07) is 9.43. The number of halogens is 1. The first-order valence-electron chi connectivity index (χ1n) is 6.34. The molecule has 0 amide bonds. The number of nitrogens with zero attached hydrogens (tertiary/aromatic N) is 1. The molecule has 104 valence electrons. The molecule has 20 heavy (non-hydrogen) atoms. The highest BCUT2D eigenvalue weighted by Gasteiger charge is 2.07. The molecule has 3 nitrogen and oxygen atoms in total. The van der Waals surface area contributed by atoms with Crippen molar-refractivity contribution >= 4 is 21.7 Å². The van der Waals surface area contributed by atoms with Gasteiger partial charge in [0.25, 0.3) is 0 Å². The fourth-order valence-electron chi connectivity index (χ4n) is 1.80. The molecule has 0 unspecified atom stereocenters. The number of ketones is 1. The van der Waals surface area contributed by atoms with Crippen LogP contribution >= 0.6 is 15.9 Å². The van der Waals surface area contributed by atoms with Gasteiger partial charge in [0.2, 0.25) is 0 Å². The van der Waals surface area contributed by atoms with E-state index in [1.165, 1.54) is 0 Å². The van der Waals surface area contributed by atoms with Crippen molar-refractivity contribution in [3.05, 3.63) is 58.9 Å². The van der Waals surface area contributed by atoms with Gasteiger partial charge in [-0.2, -0.15) is 0 Å². The molecule has 2 rings (SSSR count). The fourth-order valence-corrected chi connectivity index (χ4v) is 2.12. The maximum atomic E-state index is 11.6. The van der Waals surface area contributed by atoms with Crippen LogP contribution in [-0.2, 0) is 6.61 Å². The van der Waals surface area contributed by atoms with Crippen LogP contribution < -0.4 is 4.74 Å². The largest absolute Gasteiger partial charge is 0.487 e. The first kappa shape index (κ1) is 14.7. The molecule has 1 aromatic carbocycles. The number of aromatic nitrogens is 1. The molecule has 0 aliphatic carbocycles. The third-order valence-corrected chi connectivity index (χ3v) is 3.48. The Morgan fingerprint density at radius 2 is 2.05 bits per heavy atom. The first-order chi connectivity index (χ1) is 9.60. The Kier molecular flexibility index (Phi) is 4.90. The average Bonchev–Trinajstić information content (AvgIpc) is 2.46. The molecule has 0 atom stereocenters. The molecule has 0 N–H and O–H groups in total. The molecule has 0 aliphatic rings. The van der Waals surface area contributed by atoms with E-state index in [9.17, 15) is 4.79 Å². The van der Waals surface area contributed by atoms with E-state index >= 15 is 0 Å². The van der Waals surface area contributed by atoms with Gasteiger partial charge in [0.05, 0.1) is 11.0 Å². The first-order valence-corrected chi connectivity index (χ1v) is 7.46. The Morgan fingerprint density at radius 1 is 1.25 bits per heavy atom. The Bertz CT molecular complexity index is 608. The van der Waals surface area contributed by atoms with Gasteiger partial charge in [0, 0.05) is 11.8 Å². The molecule has 0 radical (unpaired) electrons. The second kappa shape index (κ2) is 6.66. The summed E-state index contributed by atoms with van der Waals surface area (Å²) in [7, 11) is 0. The van der Waals surface area contributed by atoms with Gasteiger partial charge in [-0.05, 0) is 49.2 Å². The highest BCUT2D eigenvalue weighted by Crippen LogP contribution is 2.20. The van der Waals surface area contributed by atoms with Gasteiger partial charge < -0.3 is 4.74 Å². The Morgan fingerprint density at radius 3 is 2.65 bits per heavy atom. The number of carbonyl (C=O) groups excluding carboxylic acids is 1. The molecule has 4 heteroatoms. The molecular formula is C16H16BrNO2. The predicted octanol–water partition coefficient (Wildman–Crippen LogP) is 3.86. The van der Waals surface area contributed by atoms with Crippen molar-refractivity contribution in [1.82, 2.24) is 4.98 Å². The van der Waals surface area contributed by atoms with Crippen LogP contribution in [0.2, 0.25) is 0 Å². The Labute approximate surface area is 127 Å². The summed E-state index contributed by atoms with van der Waals surface area (Å²) in [6.45, 7) is 4.36. The minimum absolute atomic E-state index is 0.0693. The number of alkyl halides is 1. The van der Waals surface area contributed by atoms with Crippen molar-refractivity contribution in [3.8, 4) is 5.75 Å². The van der Waals surface area contributed by atoms with E-state index < -0.39 is 0 Å². The SMILES string of the molecule is Cc1ccc(COc2ccc(C(=O)CBr)cc2C)nc1. The normalized spacial score (nSPS) is 10.3. The summed E-state index contributed by atoms with van der Waals surface area (Å²) < 4.78 is 5.75. The number of Topliss-reactive ketones (excluding diaryl/α,β-unsaturated/α-hetero) is 1. The number of benzene rings is 1. The van der Waals surface area contributed by atoms with Crippen molar-refractivity contribution in [2.24, 2.45) is 0 Å². The lowest BCUT2D eigenvalue weighted by Crippen LogP contribution is -2.03. The summed E-state index contributed by atoms with van der Waals surface area (Å²) in [5, 5.41) is 0.333. The highest BCUT2D eigenvalue weighted by atomic mass is 79.9. The van der Waals surface area contributed by atoms with Crippen molar-refractivity contribution in [3.63, 3.8) is 0 Å². The van der Waals surface area contributed by atoms with Gasteiger partial charge >= 0.3 is 0 Å². The predicted molar refractivity (Wildman–Crippen MR) is 82.6 cm³/mol. The van der Waals surface area contributed by atoms with Gasteiger partial charge in [-0.1, -0.05) is 22.0 Å². The van der Waals surface area contributed by atoms with Crippen molar-refractivity contribution in [2.45, 2.75) is 20.5 Å². The van der Waals surface area contributed by atoms with Crippen LogP contribution in [0, 0.1) is 13.8 Å². The van der Waals surface area contributed by atoms with Crippen LogP contribution in [0.3, 0.4) is 0 Å². The molecule has 0 spiro atoms. The van der Waals surface area contributed by atoms with Crippen LogP contribution in [0.5, 0.6) is 5.75 Å². The molecule has 1 aromatic heterocycles. The molecule has 0 saturated heterocycles. The lowest BCUT2D eigenvalue weighted by atomic mass is 10.1. The second-order valence-electron chi connectivity index (χ2n) is 4.65. The third kappa shape index (κ3) is 3.67. The zero-order chi connectivity index (χ0) is 14.5. The van der Waals surface area contributed by atoms with Gasteiger partial charge in [-0.15, -0.1) is 0 Å². The molecule has 2 aromatic rings. The van der Waals surface area contributed by atoms with E-state index in [2.05, 4.69) is 20.9 Å². The van der Waals surface area contributed by atoms with Crippen LogP contribution in [0.1, 0.15) is 27.2 Å². The van der Waals surface area contributed by atoms with Crippen molar-refractivity contribution < 1.29 is 9.53 Å². The molecular weight excluding hydrogens is 318 g/mol. The monoisotopic (exact) mass is 333 g/mol. The molecule has 0 bridgehead atoms. The summed E-state index contributed by atoms with van der Waals surface area (Å²) >= 11 is 3.17. The molecule has 0 saturated carbocycles. The third-order valence-electron chi connectivity index (χ3n) is 2.97. The number of carbonyl (C=O) groups is 1. The Balaban J connectivity index is 2.06. The fraction of sp³-hybridized carbons (Fsp3) is 0.250. The van der Waals surface area contributed by atoms with Crippen LogP contribution in [0.25, 0.3) is 0 Å². The number of pyridine rings is 1. The maximum Gasteiger partial charge on any atom is 0.173 e. The number of aryl methyl sites for hydroxylation is 2. The standard InChI is InChI=1S/C16H16BrNO2/c1-11-3-5-14(18-9-11)10-20-16-6-4-13(7-12(16)2)15(19)8-17/h3-7,9H,8,10H2,1-2H3. The summed E-state index contributed by atoms with van der Waals surface area (Å²) in [5.74, 6) is 0.846. The zero-order valence-corrected chi connectivity index (χ0v) is 13.1. The van der Waals surface area contributed by atoms with E-state index in [4.69, 9.17) is 4.74 Å². The average molecular weight is 334 g/mol.